The summed E-state index contributed by atoms with van der Waals surface area (Å²) < 4.78 is 15.9. The van der Waals surface area contributed by atoms with E-state index in [-0.39, 0.29) is 0 Å². The standard InChI is InChI=1S/C10H20O4Si/c1-4-9(11)12-8-7-10(15,13-5-2)14-6-3/h4H,1,5-8H2,2-3,15H3. The number of rotatable bonds is 8. The monoisotopic (exact) mass is 232 g/mol. The zero-order valence-electron chi connectivity index (χ0n) is 9.75. The Morgan fingerprint density at radius 2 is 1.93 bits per heavy atom. The van der Waals surface area contributed by atoms with Crippen molar-refractivity contribution in [3.63, 3.8) is 0 Å². The van der Waals surface area contributed by atoms with Gasteiger partial charge in [0.25, 0.3) is 0 Å². The SMILES string of the molecule is C=CC(=O)OCCC([SiH3])(OCC)OCC. The van der Waals surface area contributed by atoms with Crippen LogP contribution in [0.5, 0.6) is 0 Å². The van der Waals surface area contributed by atoms with Gasteiger partial charge in [-0.15, -0.1) is 0 Å². The van der Waals surface area contributed by atoms with Crippen molar-refractivity contribution in [1.29, 1.82) is 0 Å². The van der Waals surface area contributed by atoms with Crippen LogP contribution in [0.25, 0.3) is 0 Å². The van der Waals surface area contributed by atoms with Crippen molar-refractivity contribution in [3.05, 3.63) is 12.7 Å². The molecule has 88 valence electrons. The van der Waals surface area contributed by atoms with Gasteiger partial charge in [0.15, 0.2) is 0 Å². The summed E-state index contributed by atoms with van der Waals surface area (Å²) >= 11 is 0. The van der Waals surface area contributed by atoms with Gasteiger partial charge >= 0.3 is 5.97 Å². The van der Waals surface area contributed by atoms with Crippen LogP contribution in [0.2, 0.25) is 0 Å². The van der Waals surface area contributed by atoms with Gasteiger partial charge in [0.05, 0.1) is 16.8 Å². The maximum absolute atomic E-state index is 10.8. The number of carbonyl (C=O) groups excluding carboxylic acids is 1. The van der Waals surface area contributed by atoms with E-state index < -0.39 is 11.4 Å². The Bertz CT molecular complexity index is 200. The van der Waals surface area contributed by atoms with E-state index in [9.17, 15) is 4.79 Å². The van der Waals surface area contributed by atoms with E-state index >= 15 is 0 Å². The predicted octanol–water partition coefficient (Wildman–Crippen LogP) is 0.198. The molecular weight excluding hydrogens is 212 g/mol. The molecule has 0 atom stereocenters. The molecule has 0 radical (unpaired) electrons. The molecular formula is C10H20O4Si. The zero-order chi connectivity index (χ0) is 11.7. The van der Waals surface area contributed by atoms with Crippen LogP contribution < -0.4 is 0 Å². The molecule has 0 bridgehead atoms. The minimum absolute atomic E-state index is 0.300. The molecule has 4 nitrogen and oxygen atoms in total. The molecule has 0 spiro atoms. The van der Waals surface area contributed by atoms with Gasteiger partial charge in [-0.2, -0.15) is 0 Å². The fraction of sp³-hybridized carbons (Fsp3) is 0.700. The lowest BCUT2D eigenvalue weighted by Crippen LogP contribution is -2.38. The molecule has 0 aromatic carbocycles. The molecule has 0 heterocycles. The second kappa shape index (κ2) is 7.61. The lowest BCUT2D eigenvalue weighted by Gasteiger charge is -2.29. The highest BCUT2D eigenvalue weighted by atomic mass is 28.1. The third-order valence-electron chi connectivity index (χ3n) is 1.87. The minimum atomic E-state index is -0.537. The molecule has 0 aliphatic carbocycles. The van der Waals surface area contributed by atoms with E-state index in [1.54, 1.807) is 0 Å². The summed E-state index contributed by atoms with van der Waals surface area (Å²) in [7, 11) is 0.738. The van der Waals surface area contributed by atoms with Crippen molar-refractivity contribution in [2.75, 3.05) is 19.8 Å². The average Bonchev–Trinajstić information content (AvgIpc) is 2.18. The Labute approximate surface area is 94.0 Å². The summed E-state index contributed by atoms with van der Waals surface area (Å²) in [5, 5.41) is 0. The fourth-order valence-corrected chi connectivity index (χ4v) is 1.97. The van der Waals surface area contributed by atoms with Crippen molar-refractivity contribution in [2.24, 2.45) is 0 Å². The van der Waals surface area contributed by atoms with E-state index in [4.69, 9.17) is 14.2 Å². The summed E-state index contributed by atoms with van der Waals surface area (Å²) in [4.78, 5) is 10.8. The summed E-state index contributed by atoms with van der Waals surface area (Å²) in [6, 6.07) is 0. The molecule has 15 heavy (non-hydrogen) atoms. The number of hydrogen-bond acceptors (Lipinski definition) is 4. The largest absolute Gasteiger partial charge is 0.462 e. The maximum Gasteiger partial charge on any atom is 0.330 e. The molecule has 5 heteroatoms. The van der Waals surface area contributed by atoms with Gasteiger partial charge in [-0.05, 0) is 13.8 Å². The molecule has 0 unspecified atom stereocenters. The molecule has 0 rings (SSSR count). The normalized spacial score (nSPS) is 11.3. The van der Waals surface area contributed by atoms with Gasteiger partial charge in [-0.1, -0.05) is 6.58 Å². The van der Waals surface area contributed by atoms with Crippen molar-refractivity contribution >= 4 is 16.2 Å². The molecule has 0 aromatic heterocycles. The van der Waals surface area contributed by atoms with Crippen LogP contribution >= 0.6 is 0 Å². The highest BCUT2D eigenvalue weighted by molar-refractivity contribution is 6.13. The van der Waals surface area contributed by atoms with E-state index in [0.29, 0.717) is 26.2 Å². The summed E-state index contributed by atoms with van der Waals surface area (Å²) in [6.45, 7) is 8.65. The van der Waals surface area contributed by atoms with E-state index in [2.05, 4.69) is 6.58 Å². The first-order valence-electron chi connectivity index (χ1n) is 5.15. The number of ether oxygens (including phenoxy) is 3. The second-order valence-corrected chi connectivity index (χ2v) is 4.65. The Morgan fingerprint density at radius 3 is 2.33 bits per heavy atom. The van der Waals surface area contributed by atoms with Crippen LogP contribution in [0.1, 0.15) is 20.3 Å². The third-order valence-corrected chi connectivity index (χ3v) is 2.94. The third kappa shape index (κ3) is 6.43. The predicted molar refractivity (Wildman–Crippen MR) is 61.7 cm³/mol. The molecule has 0 saturated heterocycles. The molecule has 0 N–H and O–H groups in total. The van der Waals surface area contributed by atoms with Crippen LogP contribution in [-0.4, -0.2) is 41.4 Å². The minimum Gasteiger partial charge on any atom is -0.462 e. The number of carbonyl (C=O) groups is 1. The van der Waals surface area contributed by atoms with Gasteiger partial charge in [-0.3, -0.25) is 0 Å². The van der Waals surface area contributed by atoms with Crippen LogP contribution in [0.4, 0.5) is 0 Å². The van der Waals surface area contributed by atoms with Crippen molar-refractivity contribution in [1.82, 2.24) is 0 Å². The summed E-state index contributed by atoms with van der Waals surface area (Å²) in [5.74, 6) is -0.410. The van der Waals surface area contributed by atoms with Crippen molar-refractivity contribution in [2.45, 2.75) is 25.7 Å². The van der Waals surface area contributed by atoms with Gasteiger partial charge in [0, 0.05) is 25.7 Å². The molecule has 0 amide bonds. The highest BCUT2D eigenvalue weighted by Crippen LogP contribution is 2.13. The first-order valence-corrected chi connectivity index (χ1v) is 6.15. The Kier molecular flexibility index (Phi) is 7.28. The molecule has 0 fully saturated rings. The first-order chi connectivity index (χ1) is 7.08. The Morgan fingerprint density at radius 1 is 1.40 bits per heavy atom. The van der Waals surface area contributed by atoms with Crippen molar-refractivity contribution < 1.29 is 19.0 Å². The van der Waals surface area contributed by atoms with Gasteiger partial charge in [0.2, 0.25) is 0 Å². The maximum atomic E-state index is 10.8. The molecule has 0 saturated carbocycles. The lowest BCUT2D eigenvalue weighted by atomic mass is 10.4. The number of hydrogen-bond donors (Lipinski definition) is 0. The van der Waals surface area contributed by atoms with Gasteiger partial charge in [0.1, 0.15) is 5.41 Å². The highest BCUT2D eigenvalue weighted by Gasteiger charge is 2.24. The molecule has 0 aromatic rings. The lowest BCUT2D eigenvalue weighted by molar-refractivity contribution is -0.183. The fourth-order valence-electron chi connectivity index (χ4n) is 1.19. The van der Waals surface area contributed by atoms with Gasteiger partial charge < -0.3 is 14.2 Å². The van der Waals surface area contributed by atoms with Crippen LogP contribution in [-0.2, 0) is 19.0 Å². The first kappa shape index (κ1) is 14.3. The van der Waals surface area contributed by atoms with Crippen LogP contribution in [0.3, 0.4) is 0 Å². The number of esters is 1. The zero-order valence-corrected chi connectivity index (χ0v) is 11.7. The molecule has 0 aliphatic rings. The smallest absolute Gasteiger partial charge is 0.330 e. The van der Waals surface area contributed by atoms with Crippen LogP contribution in [0, 0.1) is 0 Å². The Hall–Kier alpha value is -0.653. The van der Waals surface area contributed by atoms with Crippen molar-refractivity contribution in [3.8, 4) is 0 Å². The topological polar surface area (TPSA) is 44.8 Å². The molecule has 0 aliphatic heterocycles. The summed E-state index contributed by atoms with van der Waals surface area (Å²) in [6.07, 6.45) is 1.72. The average molecular weight is 232 g/mol. The summed E-state index contributed by atoms with van der Waals surface area (Å²) in [5.41, 5.74) is -0.537. The van der Waals surface area contributed by atoms with Crippen LogP contribution in [0.15, 0.2) is 12.7 Å². The second-order valence-electron chi connectivity index (χ2n) is 3.12. The van der Waals surface area contributed by atoms with E-state index in [1.807, 2.05) is 13.8 Å². The van der Waals surface area contributed by atoms with Gasteiger partial charge in [-0.25, -0.2) is 4.79 Å². The quantitative estimate of drug-likeness (QED) is 0.259. The van der Waals surface area contributed by atoms with E-state index in [1.165, 1.54) is 0 Å². The van der Waals surface area contributed by atoms with E-state index in [0.717, 1.165) is 16.3 Å². The Balaban J connectivity index is 3.94.